The SMILES string of the molecule is CC1C(C(=O)O)CCN1C(=O)CCn1ccccc1=O. The number of carbonyl (C=O) groups excluding carboxylic acids is 1. The zero-order valence-corrected chi connectivity index (χ0v) is 11.4. The van der Waals surface area contributed by atoms with Gasteiger partial charge in [0.1, 0.15) is 0 Å². The minimum atomic E-state index is -0.855. The third-order valence-electron chi connectivity index (χ3n) is 3.86. The Morgan fingerprint density at radius 1 is 1.40 bits per heavy atom. The quantitative estimate of drug-likeness (QED) is 0.872. The van der Waals surface area contributed by atoms with Crippen LogP contribution in [0.1, 0.15) is 19.8 Å². The summed E-state index contributed by atoms with van der Waals surface area (Å²) >= 11 is 0. The normalized spacial score (nSPS) is 21.9. The highest BCUT2D eigenvalue weighted by atomic mass is 16.4. The van der Waals surface area contributed by atoms with Crippen LogP contribution >= 0.6 is 0 Å². The van der Waals surface area contributed by atoms with Gasteiger partial charge in [-0.05, 0) is 19.4 Å². The molecule has 0 saturated carbocycles. The van der Waals surface area contributed by atoms with E-state index in [9.17, 15) is 14.4 Å². The average Bonchev–Trinajstić information content (AvgIpc) is 2.79. The first-order chi connectivity index (χ1) is 9.50. The Morgan fingerprint density at radius 2 is 2.15 bits per heavy atom. The lowest BCUT2D eigenvalue weighted by molar-refractivity contribution is -0.143. The molecule has 108 valence electrons. The van der Waals surface area contributed by atoms with Crippen molar-refractivity contribution in [3.63, 3.8) is 0 Å². The molecule has 2 rings (SSSR count). The molecule has 1 aromatic heterocycles. The molecule has 0 aliphatic carbocycles. The average molecular weight is 278 g/mol. The summed E-state index contributed by atoms with van der Waals surface area (Å²) in [6.07, 6.45) is 2.34. The molecule has 1 aliphatic heterocycles. The molecule has 0 spiro atoms. The van der Waals surface area contributed by atoms with Crippen LogP contribution in [0.25, 0.3) is 0 Å². The fraction of sp³-hybridized carbons (Fsp3) is 0.500. The van der Waals surface area contributed by atoms with Crippen molar-refractivity contribution in [1.82, 2.24) is 9.47 Å². The lowest BCUT2D eigenvalue weighted by Gasteiger charge is -2.23. The van der Waals surface area contributed by atoms with E-state index in [-0.39, 0.29) is 23.9 Å². The lowest BCUT2D eigenvalue weighted by atomic mass is 10.0. The summed E-state index contributed by atoms with van der Waals surface area (Å²) in [4.78, 5) is 36.3. The highest BCUT2D eigenvalue weighted by Crippen LogP contribution is 2.24. The molecule has 1 saturated heterocycles. The first-order valence-corrected chi connectivity index (χ1v) is 6.68. The van der Waals surface area contributed by atoms with Gasteiger partial charge >= 0.3 is 5.97 Å². The Morgan fingerprint density at radius 3 is 2.75 bits per heavy atom. The second-order valence-electron chi connectivity index (χ2n) is 5.04. The second-order valence-corrected chi connectivity index (χ2v) is 5.04. The Balaban J connectivity index is 1.95. The molecule has 1 aliphatic rings. The third-order valence-corrected chi connectivity index (χ3v) is 3.86. The van der Waals surface area contributed by atoms with Gasteiger partial charge in [0, 0.05) is 37.8 Å². The van der Waals surface area contributed by atoms with Crippen LogP contribution in [0.15, 0.2) is 29.2 Å². The standard InChI is InChI=1S/C14H18N2O4/c1-10-11(14(19)20)5-9-16(10)13(18)6-8-15-7-3-2-4-12(15)17/h2-4,7,10-11H,5-6,8-9H2,1H3,(H,19,20). The lowest BCUT2D eigenvalue weighted by Crippen LogP contribution is -2.38. The highest BCUT2D eigenvalue weighted by Gasteiger charge is 2.37. The number of pyridine rings is 1. The summed E-state index contributed by atoms with van der Waals surface area (Å²) in [5, 5.41) is 9.04. The molecule has 1 aromatic rings. The number of carbonyl (C=O) groups is 2. The predicted molar refractivity (Wildman–Crippen MR) is 72.2 cm³/mol. The number of aromatic nitrogens is 1. The molecule has 1 fully saturated rings. The van der Waals surface area contributed by atoms with Gasteiger partial charge in [-0.15, -0.1) is 0 Å². The van der Waals surface area contributed by atoms with E-state index in [0.717, 1.165) is 0 Å². The van der Waals surface area contributed by atoms with Crippen molar-refractivity contribution in [2.45, 2.75) is 32.4 Å². The first-order valence-electron chi connectivity index (χ1n) is 6.68. The van der Waals surface area contributed by atoms with Gasteiger partial charge in [0.2, 0.25) is 5.91 Å². The van der Waals surface area contributed by atoms with E-state index >= 15 is 0 Å². The summed E-state index contributed by atoms with van der Waals surface area (Å²) < 4.78 is 1.48. The van der Waals surface area contributed by atoms with E-state index in [1.165, 1.54) is 10.6 Å². The number of hydrogen-bond donors (Lipinski definition) is 1. The van der Waals surface area contributed by atoms with E-state index in [0.29, 0.717) is 19.5 Å². The minimum absolute atomic E-state index is 0.1000. The molecule has 6 heteroatoms. The van der Waals surface area contributed by atoms with Crippen LogP contribution in [0.2, 0.25) is 0 Å². The van der Waals surface area contributed by atoms with E-state index in [2.05, 4.69) is 0 Å². The van der Waals surface area contributed by atoms with Gasteiger partial charge in [-0.25, -0.2) is 0 Å². The number of aryl methyl sites for hydroxylation is 1. The molecule has 1 N–H and O–H groups in total. The summed E-state index contributed by atoms with van der Waals surface area (Å²) in [5.74, 6) is -1.44. The number of nitrogens with zero attached hydrogens (tertiary/aromatic N) is 2. The topological polar surface area (TPSA) is 79.6 Å². The Hall–Kier alpha value is -2.11. The second kappa shape index (κ2) is 5.90. The first kappa shape index (κ1) is 14.3. The van der Waals surface area contributed by atoms with Gasteiger partial charge in [0.15, 0.2) is 0 Å². The maximum atomic E-state index is 12.1. The van der Waals surface area contributed by atoms with Crippen LogP contribution in [-0.4, -0.2) is 39.0 Å². The van der Waals surface area contributed by atoms with Crippen molar-refractivity contribution in [1.29, 1.82) is 0 Å². The van der Waals surface area contributed by atoms with E-state index in [1.807, 2.05) is 0 Å². The molecule has 2 atom stereocenters. The Bertz CT molecular complexity index is 566. The van der Waals surface area contributed by atoms with Gasteiger partial charge in [0.25, 0.3) is 5.56 Å². The number of hydrogen-bond acceptors (Lipinski definition) is 3. The number of aliphatic carboxylic acids is 1. The van der Waals surface area contributed by atoms with Gasteiger partial charge < -0.3 is 14.6 Å². The van der Waals surface area contributed by atoms with Crippen molar-refractivity contribution in [2.75, 3.05) is 6.54 Å². The van der Waals surface area contributed by atoms with Crippen LogP contribution in [-0.2, 0) is 16.1 Å². The van der Waals surface area contributed by atoms with Crippen LogP contribution < -0.4 is 5.56 Å². The van der Waals surface area contributed by atoms with Gasteiger partial charge in [-0.2, -0.15) is 0 Å². The third kappa shape index (κ3) is 2.89. The smallest absolute Gasteiger partial charge is 0.308 e. The summed E-state index contributed by atoms with van der Waals surface area (Å²) in [6, 6.07) is 4.56. The van der Waals surface area contributed by atoms with E-state index < -0.39 is 11.9 Å². The maximum Gasteiger partial charge on any atom is 0.308 e. The molecule has 2 heterocycles. The van der Waals surface area contributed by atoms with Crippen molar-refractivity contribution in [3.05, 3.63) is 34.7 Å². The van der Waals surface area contributed by atoms with Crippen LogP contribution in [0.3, 0.4) is 0 Å². The van der Waals surface area contributed by atoms with Gasteiger partial charge in [0.05, 0.1) is 5.92 Å². The number of carboxylic acids is 1. The summed E-state index contributed by atoms with van der Waals surface area (Å²) in [6.45, 7) is 2.55. The molecule has 20 heavy (non-hydrogen) atoms. The molecule has 6 nitrogen and oxygen atoms in total. The predicted octanol–water partition coefficient (Wildman–Crippen LogP) is 0.560. The zero-order chi connectivity index (χ0) is 14.7. The molecular weight excluding hydrogens is 260 g/mol. The molecule has 1 amide bonds. The highest BCUT2D eigenvalue weighted by molar-refractivity contribution is 5.79. The molecule has 0 radical (unpaired) electrons. The summed E-state index contributed by atoms with van der Waals surface area (Å²) in [5.41, 5.74) is -0.141. The van der Waals surface area contributed by atoms with Crippen LogP contribution in [0, 0.1) is 5.92 Å². The fourth-order valence-electron chi connectivity index (χ4n) is 2.63. The number of likely N-dealkylation sites (tertiary alicyclic amines) is 1. The molecule has 2 unspecified atom stereocenters. The number of carboxylic acid groups (broad SMARTS) is 1. The van der Waals surface area contributed by atoms with Crippen LogP contribution in [0.4, 0.5) is 0 Å². The van der Waals surface area contributed by atoms with Crippen molar-refractivity contribution < 1.29 is 14.7 Å². The van der Waals surface area contributed by atoms with E-state index in [4.69, 9.17) is 5.11 Å². The number of amides is 1. The molecular formula is C14H18N2O4. The fourth-order valence-corrected chi connectivity index (χ4v) is 2.63. The maximum absolute atomic E-state index is 12.1. The van der Waals surface area contributed by atoms with Gasteiger partial charge in [-0.3, -0.25) is 14.4 Å². The zero-order valence-electron chi connectivity index (χ0n) is 11.4. The van der Waals surface area contributed by atoms with Crippen molar-refractivity contribution in [2.24, 2.45) is 5.92 Å². The Kier molecular flexibility index (Phi) is 4.22. The number of rotatable bonds is 4. The summed E-state index contributed by atoms with van der Waals surface area (Å²) in [7, 11) is 0. The van der Waals surface area contributed by atoms with Gasteiger partial charge in [-0.1, -0.05) is 6.07 Å². The largest absolute Gasteiger partial charge is 0.481 e. The van der Waals surface area contributed by atoms with Crippen molar-refractivity contribution >= 4 is 11.9 Å². The molecule has 0 aromatic carbocycles. The minimum Gasteiger partial charge on any atom is -0.481 e. The Labute approximate surface area is 116 Å². The van der Waals surface area contributed by atoms with Crippen LogP contribution in [0.5, 0.6) is 0 Å². The molecule has 0 bridgehead atoms. The monoisotopic (exact) mass is 278 g/mol. The van der Waals surface area contributed by atoms with Crippen molar-refractivity contribution in [3.8, 4) is 0 Å². The van der Waals surface area contributed by atoms with E-state index in [1.54, 1.807) is 30.2 Å².